The zero-order valence-electron chi connectivity index (χ0n) is 11.9. The van der Waals surface area contributed by atoms with Gasteiger partial charge in [0.05, 0.1) is 7.82 Å². The van der Waals surface area contributed by atoms with E-state index < -0.39 is 14.5 Å². The number of phosphoric acid groups is 1. The third-order valence-corrected chi connectivity index (χ3v) is 1.79. The molecule has 136 valence electrons. The molecule has 0 aromatic heterocycles. The third-order valence-electron chi connectivity index (χ3n) is 0.447. The van der Waals surface area contributed by atoms with Crippen LogP contribution in [0.15, 0.2) is 0 Å². The molecular formula is C4H26O9P2SSb4-4. The van der Waals surface area contributed by atoms with Crippen molar-refractivity contribution in [3.63, 3.8) is 0 Å². The summed E-state index contributed by atoms with van der Waals surface area (Å²) in [6, 6.07) is 0. The molecule has 0 aliphatic heterocycles. The molecule has 0 unspecified atom stereocenters. The fourth-order valence-corrected chi connectivity index (χ4v) is 0. The standard InChI is InChI=1S/CH5O4P.CH5O3PS.2CH4O.4Sb.12H/c1-5-6(2,3)4;1-4-5(2,3)6;2*1-2;;;;;;;;;;;;;;;;/h1H3,(H2,2,3,4);1H3,(H2,2,3,6);2*2H,1H3;;;;;;;;;;;;;;;;/p-4. The number of phosphoric ester groups is 1. The molecule has 0 radical (unpaired) electrons. The molecule has 0 fully saturated rings. The Morgan fingerprint density at radius 3 is 0.900 bits per heavy atom. The molecule has 20 heavy (non-hydrogen) atoms. The molecule has 0 rings (SSSR count). The molecule has 0 heterocycles. The van der Waals surface area contributed by atoms with Gasteiger partial charge < -0.3 is 43.4 Å². The molecule has 2 N–H and O–H groups in total. The molecule has 0 aliphatic carbocycles. The van der Waals surface area contributed by atoms with Crippen LogP contribution in [0.3, 0.4) is 0 Å². The maximum atomic E-state index is 9.62. The van der Waals surface area contributed by atoms with E-state index in [0.717, 1.165) is 28.4 Å². The second kappa shape index (κ2) is 34.2. The SMILES string of the molecule is CO.CO.COP(=O)([O-])[O-].COP([O-])([O-])=S.[SbH3].[SbH3].[SbH3].[SbH3]. The van der Waals surface area contributed by atoms with E-state index in [1.165, 1.54) is 0 Å². The first-order valence-corrected chi connectivity index (χ1v) is 7.19. The van der Waals surface area contributed by atoms with Crippen LogP contribution in [0.1, 0.15) is 0 Å². The van der Waals surface area contributed by atoms with Gasteiger partial charge in [-0.2, -0.15) is 0 Å². The average molecular weight is 799 g/mol. The predicted molar refractivity (Wildman–Crippen MR) is 92.0 cm³/mol. The van der Waals surface area contributed by atoms with E-state index in [4.69, 9.17) is 10.2 Å². The van der Waals surface area contributed by atoms with Crippen LogP contribution >= 0.6 is 14.5 Å². The molecule has 0 atom stereocenters. The zero-order chi connectivity index (χ0) is 14.4. The Kier molecular flexibility index (Phi) is 84.8. The van der Waals surface area contributed by atoms with Crippen LogP contribution in [0.5, 0.6) is 0 Å². The van der Waals surface area contributed by atoms with E-state index in [0.29, 0.717) is 0 Å². The van der Waals surface area contributed by atoms with Gasteiger partial charge in [-0.15, -0.1) is 11.8 Å². The first kappa shape index (κ1) is 49.6. The summed E-state index contributed by atoms with van der Waals surface area (Å²) in [5, 5.41) is 14.0. The van der Waals surface area contributed by atoms with Crippen molar-refractivity contribution in [2.75, 3.05) is 28.4 Å². The molecule has 16 heteroatoms. The fourth-order valence-electron chi connectivity index (χ4n) is 0. The van der Waals surface area contributed by atoms with Gasteiger partial charge in [-0.05, 0) is 0 Å². The van der Waals surface area contributed by atoms with Gasteiger partial charge in [0.25, 0.3) is 0 Å². The third kappa shape index (κ3) is 98.0. The first-order valence-electron chi connectivity index (χ1n) is 3.17. The van der Waals surface area contributed by atoms with Gasteiger partial charge in [0.15, 0.2) is 0 Å². The van der Waals surface area contributed by atoms with Gasteiger partial charge in [-0.3, -0.25) is 0 Å². The zero-order valence-corrected chi connectivity index (χ0v) is 30.6. The topological polar surface area (TPSA) is 168 Å². The van der Waals surface area contributed by atoms with E-state index in [2.05, 4.69) is 20.9 Å². The number of hydrogen-bond donors (Lipinski definition) is 2. The van der Waals surface area contributed by atoms with Crippen LogP contribution in [0.25, 0.3) is 0 Å². The second-order valence-electron chi connectivity index (χ2n) is 1.26. The van der Waals surface area contributed by atoms with Crippen LogP contribution < -0.4 is 19.6 Å². The predicted octanol–water partition coefficient (Wildman–Crippen LogP) is -8.48. The minimum absolute atomic E-state index is 0. The van der Waals surface area contributed by atoms with E-state index in [1.807, 2.05) is 0 Å². The van der Waals surface area contributed by atoms with E-state index in [-0.39, 0.29) is 97.7 Å². The summed E-state index contributed by atoms with van der Waals surface area (Å²) in [5.41, 5.74) is 0. The van der Waals surface area contributed by atoms with Crippen LogP contribution in [-0.2, 0) is 25.4 Å². The Balaban J connectivity index is -0.0000000165. The van der Waals surface area contributed by atoms with Crippen LogP contribution in [0.4, 0.5) is 0 Å². The van der Waals surface area contributed by atoms with Gasteiger partial charge in [0.1, 0.15) is 0 Å². The van der Waals surface area contributed by atoms with Crippen LogP contribution in [-0.4, -0.2) is 136 Å². The maximum absolute atomic E-state index is 9.62. The van der Waals surface area contributed by atoms with Gasteiger partial charge in [0.2, 0.25) is 0 Å². The summed E-state index contributed by atoms with van der Waals surface area (Å²) in [6.07, 6.45) is 0. The summed E-state index contributed by atoms with van der Waals surface area (Å²) < 4.78 is 16.4. The summed E-state index contributed by atoms with van der Waals surface area (Å²) >= 11 is 3.76. The summed E-state index contributed by atoms with van der Waals surface area (Å²) in [5.74, 6) is 0. The molecule has 0 amide bonds. The Labute approximate surface area is 193 Å². The molecule has 0 aliphatic rings. The number of hydrogen-bond acceptors (Lipinski definition) is 10. The summed E-state index contributed by atoms with van der Waals surface area (Å²) in [7, 11) is -0.798. The fraction of sp³-hybridized carbons (Fsp3) is 1.00. The van der Waals surface area contributed by atoms with E-state index in [9.17, 15) is 24.1 Å². The van der Waals surface area contributed by atoms with Gasteiger partial charge in [0, 0.05) is 28.4 Å². The van der Waals surface area contributed by atoms with Crippen molar-refractivity contribution in [1.29, 1.82) is 0 Å². The van der Waals surface area contributed by atoms with Crippen molar-refractivity contribution in [3.05, 3.63) is 0 Å². The van der Waals surface area contributed by atoms with Crippen molar-refractivity contribution in [3.8, 4) is 0 Å². The van der Waals surface area contributed by atoms with Crippen LogP contribution in [0.2, 0.25) is 0 Å². The Morgan fingerprint density at radius 2 is 0.900 bits per heavy atom. The summed E-state index contributed by atoms with van der Waals surface area (Å²) in [4.78, 5) is 37.7. The van der Waals surface area contributed by atoms with Crippen molar-refractivity contribution >= 4 is 124 Å². The first-order chi connectivity index (χ1) is 7.12. The molecule has 0 saturated carbocycles. The van der Waals surface area contributed by atoms with Crippen molar-refractivity contribution < 1.29 is 43.4 Å². The van der Waals surface area contributed by atoms with E-state index >= 15 is 0 Å². The van der Waals surface area contributed by atoms with Gasteiger partial charge >= 0.3 is 97.7 Å². The molecule has 0 bridgehead atoms. The van der Waals surface area contributed by atoms with Crippen molar-refractivity contribution in [2.24, 2.45) is 0 Å². The molecule has 0 saturated heterocycles. The number of aliphatic hydroxyl groups excluding tert-OH is 2. The number of aliphatic hydroxyl groups is 2. The molecule has 0 aromatic carbocycles. The normalized spacial score (nSPS) is 7.70. The number of rotatable bonds is 2. The summed E-state index contributed by atoms with van der Waals surface area (Å²) in [6.45, 7) is -3.81. The van der Waals surface area contributed by atoms with E-state index in [1.54, 1.807) is 0 Å². The van der Waals surface area contributed by atoms with Gasteiger partial charge in [-0.25, -0.2) is 0 Å². The molecule has 0 spiro atoms. The Bertz CT molecular complexity index is 190. The quantitative estimate of drug-likeness (QED) is 0.202. The molecule has 9 nitrogen and oxygen atoms in total. The molecule has 0 aromatic rings. The second-order valence-corrected chi connectivity index (χ2v) is 5.12. The average Bonchev–Trinajstić information content (AvgIpc) is 2.23. The van der Waals surface area contributed by atoms with Crippen LogP contribution in [0, 0.1) is 0 Å². The van der Waals surface area contributed by atoms with Crippen molar-refractivity contribution in [2.45, 2.75) is 0 Å². The molecular weight excluding hydrogens is 773 g/mol. The van der Waals surface area contributed by atoms with Gasteiger partial charge in [-0.1, -0.05) is 6.72 Å². The van der Waals surface area contributed by atoms with Crippen molar-refractivity contribution in [1.82, 2.24) is 0 Å². The Hall–Kier alpha value is 3.83. The minimum atomic E-state index is -4.65. The monoisotopic (exact) mass is 796 g/mol. The Morgan fingerprint density at radius 1 is 0.800 bits per heavy atom.